The molecule has 1 aliphatic heterocycles. The Balaban J connectivity index is 1.56. The molecule has 0 bridgehead atoms. The van der Waals surface area contributed by atoms with Crippen molar-refractivity contribution in [3.63, 3.8) is 0 Å². The minimum atomic E-state index is -3.71. The molecule has 3 aromatic rings. The van der Waals surface area contributed by atoms with E-state index in [9.17, 15) is 8.42 Å². The zero-order valence-corrected chi connectivity index (χ0v) is 23.4. The Bertz CT molecular complexity index is 1370. The Labute approximate surface area is 228 Å². The van der Waals surface area contributed by atoms with Gasteiger partial charge in [-0.15, -0.1) is 0 Å². The number of hydrogen-bond acceptors (Lipinski definition) is 4. The molecule has 1 unspecified atom stereocenters. The fourth-order valence-electron chi connectivity index (χ4n) is 4.06. The van der Waals surface area contributed by atoms with E-state index in [1.165, 1.54) is 0 Å². The molecule has 4 rings (SSSR count). The summed E-state index contributed by atoms with van der Waals surface area (Å²) < 4.78 is 28.7. The summed E-state index contributed by atoms with van der Waals surface area (Å²) in [6, 6.07) is 19.6. The summed E-state index contributed by atoms with van der Waals surface area (Å²) in [5, 5.41) is 8.18. The number of anilines is 1. The lowest BCUT2D eigenvalue weighted by Gasteiger charge is -2.25. The van der Waals surface area contributed by atoms with Crippen molar-refractivity contribution in [2.45, 2.75) is 50.0 Å². The van der Waals surface area contributed by atoms with Gasteiger partial charge in [0, 0.05) is 16.5 Å². The number of nitrogens with one attached hydrogen (secondary N) is 1. The average Bonchev–Trinajstić information content (AvgIpc) is 3.27. The van der Waals surface area contributed by atoms with Crippen LogP contribution in [-0.2, 0) is 15.4 Å². The number of hydrazone groups is 1. The minimum absolute atomic E-state index is 0.0165. The molecule has 0 spiro atoms. The zero-order valence-electron chi connectivity index (χ0n) is 20.3. The first-order valence-corrected chi connectivity index (χ1v) is 14.3. The Morgan fingerprint density at radius 3 is 2.22 bits per heavy atom. The van der Waals surface area contributed by atoms with Gasteiger partial charge in [-0.1, -0.05) is 79.8 Å². The van der Waals surface area contributed by atoms with Crippen molar-refractivity contribution in [1.29, 1.82) is 0 Å². The van der Waals surface area contributed by atoms with Crippen molar-refractivity contribution < 1.29 is 8.42 Å². The van der Waals surface area contributed by atoms with Crippen LogP contribution in [0.25, 0.3) is 0 Å². The summed E-state index contributed by atoms with van der Waals surface area (Å²) in [5.74, 6) is 0. The molecule has 0 radical (unpaired) electrons. The lowest BCUT2D eigenvalue weighted by Crippen LogP contribution is -2.29. The Morgan fingerprint density at radius 2 is 1.61 bits per heavy atom. The van der Waals surface area contributed by atoms with Gasteiger partial charge in [0.05, 0.1) is 33.9 Å². The monoisotopic (exact) mass is 563 g/mol. The lowest BCUT2D eigenvalue weighted by atomic mass is 9.82. The van der Waals surface area contributed by atoms with Gasteiger partial charge in [0.1, 0.15) is 0 Å². The van der Waals surface area contributed by atoms with Crippen LogP contribution >= 0.6 is 34.8 Å². The molecule has 0 aliphatic carbocycles. The van der Waals surface area contributed by atoms with E-state index in [1.807, 2.05) is 47.5 Å². The van der Waals surface area contributed by atoms with Gasteiger partial charge in [-0.3, -0.25) is 5.01 Å². The highest BCUT2D eigenvalue weighted by atomic mass is 35.5. The summed E-state index contributed by atoms with van der Waals surface area (Å²) >= 11 is 18.7. The predicted molar refractivity (Wildman–Crippen MR) is 150 cm³/mol. The van der Waals surface area contributed by atoms with E-state index in [1.54, 1.807) is 24.3 Å². The molecule has 1 aliphatic rings. The largest absolute Gasteiger partial charge is 0.256 e. The number of benzene rings is 3. The van der Waals surface area contributed by atoms with E-state index in [0.29, 0.717) is 32.9 Å². The summed E-state index contributed by atoms with van der Waals surface area (Å²) in [6.45, 7) is 6.48. The minimum Gasteiger partial charge on any atom is -0.256 e. The van der Waals surface area contributed by atoms with Gasteiger partial charge in [0.2, 0.25) is 10.0 Å². The molecule has 0 fully saturated rings. The highest BCUT2D eigenvalue weighted by Crippen LogP contribution is 2.39. The van der Waals surface area contributed by atoms with Gasteiger partial charge < -0.3 is 0 Å². The maximum atomic E-state index is 13.0. The highest BCUT2D eigenvalue weighted by molar-refractivity contribution is 7.89. The van der Waals surface area contributed by atoms with E-state index >= 15 is 0 Å². The molecule has 36 heavy (non-hydrogen) atoms. The second-order valence-corrected chi connectivity index (χ2v) is 12.5. The van der Waals surface area contributed by atoms with Crippen LogP contribution < -0.4 is 9.73 Å². The van der Waals surface area contributed by atoms with Crippen molar-refractivity contribution in [2.24, 2.45) is 5.10 Å². The van der Waals surface area contributed by atoms with Gasteiger partial charge in [0.15, 0.2) is 0 Å². The van der Waals surface area contributed by atoms with Crippen LogP contribution in [0.5, 0.6) is 0 Å². The molecular weight excluding hydrogens is 537 g/mol. The van der Waals surface area contributed by atoms with Gasteiger partial charge in [-0.2, -0.15) is 5.10 Å². The molecule has 3 aromatic carbocycles. The van der Waals surface area contributed by atoms with Crippen LogP contribution in [0.1, 0.15) is 50.8 Å². The molecule has 0 amide bonds. The summed E-state index contributed by atoms with van der Waals surface area (Å²) in [4.78, 5) is 0.226. The van der Waals surface area contributed by atoms with Crippen molar-refractivity contribution in [1.82, 2.24) is 4.72 Å². The summed E-state index contributed by atoms with van der Waals surface area (Å²) in [7, 11) is -3.71. The molecule has 0 aromatic heterocycles. The summed E-state index contributed by atoms with van der Waals surface area (Å²) in [5.41, 5.74) is 3.45. The molecule has 1 N–H and O–H groups in total. The topological polar surface area (TPSA) is 61.8 Å². The molecule has 0 saturated heterocycles. The first-order valence-electron chi connectivity index (χ1n) is 11.7. The molecule has 5 nitrogen and oxygen atoms in total. The lowest BCUT2D eigenvalue weighted by molar-refractivity contribution is 0.505. The number of sulfonamides is 1. The molecule has 0 saturated carbocycles. The maximum absolute atomic E-state index is 13.0. The number of halogens is 3. The van der Waals surface area contributed by atoms with Gasteiger partial charge in [-0.25, -0.2) is 13.1 Å². The van der Waals surface area contributed by atoms with Crippen LogP contribution in [0.2, 0.25) is 15.1 Å². The van der Waals surface area contributed by atoms with Gasteiger partial charge in [0.25, 0.3) is 0 Å². The van der Waals surface area contributed by atoms with E-state index in [0.717, 1.165) is 17.5 Å². The first-order chi connectivity index (χ1) is 17.0. The standard InChI is InChI=1S/C27H28Cl3N3O2S/c1-4-27(2,3)19-7-12-23(13-8-19)36(34,35)31-17-22-16-26(18-5-9-20(28)10-6-18)33(32-22)25-14-11-21(29)15-24(25)30/h5-15,26,31H,4,16-17H2,1-3H3. The number of nitrogens with zero attached hydrogens (tertiary/aromatic N) is 2. The molecule has 1 atom stereocenters. The highest BCUT2D eigenvalue weighted by Gasteiger charge is 2.31. The predicted octanol–water partition coefficient (Wildman–Crippen LogP) is 7.62. The second kappa shape index (κ2) is 10.7. The third kappa shape index (κ3) is 5.90. The fraction of sp³-hybridized carbons (Fsp3) is 0.296. The maximum Gasteiger partial charge on any atom is 0.240 e. The van der Waals surface area contributed by atoms with Gasteiger partial charge >= 0.3 is 0 Å². The fourth-order valence-corrected chi connectivity index (χ4v) is 5.70. The number of hydrogen-bond donors (Lipinski definition) is 1. The van der Waals surface area contributed by atoms with E-state index in [2.05, 4.69) is 25.5 Å². The molecular formula is C27H28Cl3N3O2S. The smallest absolute Gasteiger partial charge is 0.240 e. The Hall–Kier alpha value is -2.09. The number of rotatable bonds is 8. The van der Waals surface area contributed by atoms with Crippen molar-refractivity contribution in [2.75, 3.05) is 11.6 Å². The van der Waals surface area contributed by atoms with E-state index in [4.69, 9.17) is 39.9 Å². The van der Waals surface area contributed by atoms with Crippen LogP contribution in [0.15, 0.2) is 76.7 Å². The second-order valence-electron chi connectivity index (χ2n) is 9.46. The molecule has 1 heterocycles. The summed E-state index contributed by atoms with van der Waals surface area (Å²) in [6.07, 6.45) is 1.48. The van der Waals surface area contributed by atoms with Gasteiger partial charge in [-0.05, 0) is 65.4 Å². The van der Waals surface area contributed by atoms with Crippen molar-refractivity contribution in [3.8, 4) is 0 Å². The quantitative estimate of drug-likeness (QED) is 0.306. The van der Waals surface area contributed by atoms with Crippen LogP contribution in [-0.4, -0.2) is 20.7 Å². The third-order valence-electron chi connectivity index (χ3n) is 6.68. The van der Waals surface area contributed by atoms with E-state index in [-0.39, 0.29) is 22.9 Å². The Morgan fingerprint density at radius 1 is 0.972 bits per heavy atom. The van der Waals surface area contributed by atoms with Crippen molar-refractivity contribution in [3.05, 3.63) is 92.9 Å². The SMILES string of the molecule is CCC(C)(C)c1ccc(S(=O)(=O)NCC2=NN(c3ccc(Cl)cc3Cl)C(c3ccc(Cl)cc3)C2)cc1. The van der Waals surface area contributed by atoms with Crippen LogP contribution in [0.4, 0.5) is 5.69 Å². The Kier molecular flexibility index (Phi) is 8.03. The first kappa shape index (κ1) is 27.0. The third-order valence-corrected chi connectivity index (χ3v) is 8.89. The average molecular weight is 565 g/mol. The molecule has 9 heteroatoms. The normalized spacial score (nSPS) is 16.3. The van der Waals surface area contributed by atoms with Crippen molar-refractivity contribution >= 4 is 56.2 Å². The van der Waals surface area contributed by atoms with Crippen LogP contribution in [0, 0.1) is 0 Å². The van der Waals surface area contributed by atoms with E-state index < -0.39 is 10.0 Å². The zero-order chi connectivity index (χ0) is 26.1. The van der Waals surface area contributed by atoms with Crippen LogP contribution in [0.3, 0.4) is 0 Å². The molecule has 190 valence electrons.